The summed E-state index contributed by atoms with van der Waals surface area (Å²) >= 11 is 0. The largest absolute Gasteiger partial charge is 0.573 e. The topological polar surface area (TPSA) is 66.2 Å². The van der Waals surface area contributed by atoms with Crippen molar-refractivity contribution in [1.29, 1.82) is 0 Å². The molecule has 0 aliphatic heterocycles. The first-order valence-corrected chi connectivity index (χ1v) is 7.78. The summed E-state index contributed by atoms with van der Waals surface area (Å²) in [6, 6.07) is 12.4. The van der Waals surface area contributed by atoms with Crippen molar-refractivity contribution < 1.29 is 27.4 Å². The second kappa shape index (κ2) is 7.48. The van der Waals surface area contributed by atoms with E-state index in [4.69, 9.17) is 0 Å². The Kier molecular flexibility index (Phi) is 5.11. The molecule has 140 valence electrons. The normalized spacial score (nSPS) is 11.3. The molecule has 0 saturated heterocycles. The standard InChI is InChI=1S/C18H14F3N3O3/c1-26-16(25)10-12-3-2-4-13(9-12)17-22-11-24(23-17)14-5-7-15(8-6-14)27-18(19,20)21/h2-9,11H,10H2,1H3. The Labute approximate surface area is 152 Å². The van der Waals surface area contributed by atoms with E-state index in [2.05, 4.69) is 19.6 Å². The van der Waals surface area contributed by atoms with E-state index >= 15 is 0 Å². The maximum Gasteiger partial charge on any atom is 0.573 e. The molecule has 0 spiro atoms. The van der Waals surface area contributed by atoms with Crippen LogP contribution in [0.4, 0.5) is 13.2 Å². The van der Waals surface area contributed by atoms with Crippen LogP contribution in [0.25, 0.3) is 17.1 Å². The quantitative estimate of drug-likeness (QED) is 0.636. The van der Waals surface area contributed by atoms with Crippen LogP contribution < -0.4 is 4.74 Å². The first-order valence-electron chi connectivity index (χ1n) is 7.78. The van der Waals surface area contributed by atoms with Crippen LogP contribution in [0.2, 0.25) is 0 Å². The van der Waals surface area contributed by atoms with E-state index in [1.807, 2.05) is 0 Å². The van der Waals surface area contributed by atoms with Crippen molar-refractivity contribution >= 4 is 5.97 Å². The van der Waals surface area contributed by atoms with E-state index in [1.165, 1.54) is 42.4 Å². The lowest BCUT2D eigenvalue weighted by Crippen LogP contribution is -2.17. The molecule has 0 amide bonds. The Morgan fingerprint density at radius 3 is 2.56 bits per heavy atom. The summed E-state index contributed by atoms with van der Waals surface area (Å²) in [5.74, 6) is -0.258. The monoisotopic (exact) mass is 377 g/mol. The fourth-order valence-electron chi connectivity index (χ4n) is 2.38. The summed E-state index contributed by atoms with van der Waals surface area (Å²) in [6.07, 6.45) is -3.16. The number of hydrogen-bond acceptors (Lipinski definition) is 5. The van der Waals surface area contributed by atoms with Crippen LogP contribution >= 0.6 is 0 Å². The summed E-state index contributed by atoms with van der Waals surface area (Å²) in [6.45, 7) is 0. The minimum Gasteiger partial charge on any atom is -0.469 e. The Hall–Kier alpha value is -3.36. The van der Waals surface area contributed by atoms with Gasteiger partial charge in [-0.2, -0.15) is 0 Å². The number of carbonyl (C=O) groups excluding carboxylic acids is 1. The highest BCUT2D eigenvalue weighted by atomic mass is 19.4. The number of nitrogens with zero attached hydrogens (tertiary/aromatic N) is 3. The van der Waals surface area contributed by atoms with Crippen molar-refractivity contribution in [3.05, 3.63) is 60.4 Å². The van der Waals surface area contributed by atoms with Gasteiger partial charge in [-0.05, 0) is 35.9 Å². The van der Waals surface area contributed by atoms with Gasteiger partial charge in [-0.15, -0.1) is 18.3 Å². The maximum atomic E-state index is 12.2. The van der Waals surface area contributed by atoms with Crippen LogP contribution in [0.3, 0.4) is 0 Å². The zero-order valence-electron chi connectivity index (χ0n) is 14.1. The molecule has 0 fully saturated rings. The van der Waals surface area contributed by atoms with Gasteiger partial charge in [-0.25, -0.2) is 9.67 Å². The van der Waals surface area contributed by atoms with Gasteiger partial charge in [-0.3, -0.25) is 4.79 Å². The molecule has 0 atom stereocenters. The molecule has 1 heterocycles. The zero-order valence-corrected chi connectivity index (χ0v) is 14.1. The van der Waals surface area contributed by atoms with Gasteiger partial charge < -0.3 is 9.47 Å². The number of benzene rings is 2. The number of carbonyl (C=O) groups is 1. The van der Waals surface area contributed by atoms with Gasteiger partial charge in [0.25, 0.3) is 0 Å². The van der Waals surface area contributed by atoms with Crippen molar-refractivity contribution in [2.75, 3.05) is 7.11 Å². The summed E-state index contributed by atoms with van der Waals surface area (Å²) in [5, 5.41) is 4.32. The number of hydrogen-bond donors (Lipinski definition) is 0. The molecule has 0 aliphatic carbocycles. The molecule has 3 aromatic rings. The van der Waals surface area contributed by atoms with Gasteiger partial charge in [0.2, 0.25) is 0 Å². The molecular weight excluding hydrogens is 363 g/mol. The van der Waals surface area contributed by atoms with Crippen molar-refractivity contribution in [2.24, 2.45) is 0 Å². The van der Waals surface area contributed by atoms with Gasteiger partial charge in [0.15, 0.2) is 5.82 Å². The SMILES string of the molecule is COC(=O)Cc1cccc(-c2ncn(-c3ccc(OC(F)(F)F)cc3)n2)c1. The minimum atomic E-state index is -4.74. The van der Waals surface area contributed by atoms with Crippen LogP contribution in [0.5, 0.6) is 5.75 Å². The predicted molar refractivity (Wildman–Crippen MR) is 89.2 cm³/mol. The molecule has 0 unspecified atom stereocenters. The van der Waals surface area contributed by atoms with E-state index in [9.17, 15) is 18.0 Å². The van der Waals surface area contributed by atoms with Gasteiger partial charge in [-0.1, -0.05) is 18.2 Å². The molecule has 6 nitrogen and oxygen atoms in total. The lowest BCUT2D eigenvalue weighted by molar-refractivity contribution is -0.274. The lowest BCUT2D eigenvalue weighted by atomic mass is 10.1. The first-order chi connectivity index (χ1) is 12.8. The Balaban J connectivity index is 1.79. The smallest absolute Gasteiger partial charge is 0.469 e. The number of aromatic nitrogens is 3. The molecule has 27 heavy (non-hydrogen) atoms. The third-order valence-electron chi connectivity index (χ3n) is 3.59. The molecule has 0 bridgehead atoms. The number of methoxy groups -OCH3 is 1. The lowest BCUT2D eigenvalue weighted by Gasteiger charge is -2.09. The van der Waals surface area contributed by atoms with Crippen molar-refractivity contribution in [2.45, 2.75) is 12.8 Å². The van der Waals surface area contributed by atoms with Crippen LogP contribution in [-0.2, 0) is 16.0 Å². The van der Waals surface area contributed by atoms with E-state index in [1.54, 1.807) is 24.3 Å². The third-order valence-corrected chi connectivity index (χ3v) is 3.59. The van der Waals surface area contributed by atoms with Crippen LogP contribution in [0.15, 0.2) is 54.9 Å². The molecule has 0 saturated carbocycles. The summed E-state index contributed by atoms with van der Waals surface area (Å²) < 4.78 is 46.5. The molecular formula is C18H14F3N3O3. The summed E-state index contributed by atoms with van der Waals surface area (Å²) in [5.41, 5.74) is 1.98. The Morgan fingerprint density at radius 2 is 1.89 bits per heavy atom. The van der Waals surface area contributed by atoms with Gasteiger partial charge in [0, 0.05) is 5.56 Å². The molecule has 0 radical (unpaired) electrons. The number of esters is 1. The van der Waals surface area contributed by atoms with E-state index in [0.717, 1.165) is 5.56 Å². The molecule has 9 heteroatoms. The van der Waals surface area contributed by atoms with Crippen molar-refractivity contribution in [3.63, 3.8) is 0 Å². The maximum absolute atomic E-state index is 12.2. The van der Waals surface area contributed by atoms with Crippen LogP contribution in [0, 0.1) is 0 Å². The molecule has 0 aliphatic rings. The van der Waals surface area contributed by atoms with Crippen LogP contribution in [0.1, 0.15) is 5.56 Å². The fourth-order valence-corrected chi connectivity index (χ4v) is 2.38. The average Bonchev–Trinajstić information content (AvgIpc) is 3.11. The van der Waals surface area contributed by atoms with Crippen LogP contribution in [-0.4, -0.2) is 34.2 Å². The Morgan fingerprint density at radius 1 is 1.15 bits per heavy atom. The van der Waals surface area contributed by atoms with Gasteiger partial charge >= 0.3 is 12.3 Å². The zero-order chi connectivity index (χ0) is 19.4. The second-order valence-corrected chi connectivity index (χ2v) is 5.51. The number of rotatable bonds is 5. The van der Waals surface area contributed by atoms with E-state index in [0.29, 0.717) is 17.1 Å². The van der Waals surface area contributed by atoms with Gasteiger partial charge in [0.05, 0.1) is 19.2 Å². The molecule has 2 aromatic carbocycles. The molecule has 0 N–H and O–H groups in total. The minimum absolute atomic E-state index is 0.131. The number of halogens is 3. The summed E-state index contributed by atoms with van der Waals surface area (Å²) in [4.78, 5) is 15.6. The number of ether oxygens (including phenoxy) is 2. The molecule has 3 rings (SSSR count). The van der Waals surface area contributed by atoms with Crippen molar-refractivity contribution in [1.82, 2.24) is 14.8 Å². The van der Waals surface area contributed by atoms with E-state index in [-0.39, 0.29) is 18.1 Å². The third kappa shape index (κ3) is 4.84. The first kappa shape index (κ1) is 18.4. The van der Waals surface area contributed by atoms with Crippen molar-refractivity contribution in [3.8, 4) is 22.8 Å². The molecule has 1 aromatic heterocycles. The second-order valence-electron chi connectivity index (χ2n) is 5.51. The number of alkyl halides is 3. The fraction of sp³-hybridized carbons (Fsp3) is 0.167. The highest BCUT2D eigenvalue weighted by Crippen LogP contribution is 2.24. The highest BCUT2D eigenvalue weighted by Gasteiger charge is 2.31. The van der Waals surface area contributed by atoms with E-state index < -0.39 is 6.36 Å². The highest BCUT2D eigenvalue weighted by molar-refractivity contribution is 5.73. The Bertz CT molecular complexity index is 937. The average molecular weight is 377 g/mol. The summed E-state index contributed by atoms with van der Waals surface area (Å²) in [7, 11) is 1.32. The van der Waals surface area contributed by atoms with Gasteiger partial charge in [0.1, 0.15) is 12.1 Å². The predicted octanol–water partition coefficient (Wildman–Crippen LogP) is 3.55.